The van der Waals surface area contributed by atoms with Crippen molar-refractivity contribution in [2.45, 2.75) is 13.0 Å². The number of carbonyl (C=O) groups is 1. The Hall–Kier alpha value is -1.52. The third-order valence-corrected chi connectivity index (χ3v) is 3.66. The quantitative estimate of drug-likeness (QED) is 0.851. The maximum atomic E-state index is 11.9. The van der Waals surface area contributed by atoms with Gasteiger partial charge in [-0.1, -0.05) is 45.7 Å². The van der Waals surface area contributed by atoms with E-state index >= 15 is 0 Å². The second kappa shape index (κ2) is 7.48. The molecule has 0 heterocycles. The molecule has 2 aromatic rings. The summed E-state index contributed by atoms with van der Waals surface area (Å²) in [5, 5.41) is 3.56. The highest BCUT2D eigenvalue weighted by Gasteiger charge is 2.10. The van der Waals surface area contributed by atoms with Crippen molar-refractivity contribution in [3.05, 3.63) is 63.6 Å². The van der Waals surface area contributed by atoms with Crippen molar-refractivity contribution in [2.24, 2.45) is 0 Å². The van der Waals surface area contributed by atoms with E-state index in [0.29, 0.717) is 10.8 Å². The Morgan fingerprint density at radius 3 is 2.67 bits per heavy atom. The van der Waals surface area contributed by atoms with Gasteiger partial charge in [0.2, 0.25) is 0 Å². The summed E-state index contributed by atoms with van der Waals surface area (Å²) >= 11 is 9.20. The van der Waals surface area contributed by atoms with E-state index in [9.17, 15) is 4.79 Å². The number of ether oxygens (including phenoxy) is 1. The van der Waals surface area contributed by atoms with Crippen LogP contribution in [0, 0.1) is 0 Å². The van der Waals surface area contributed by atoms with Gasteiger partial charge in [-0.05, 0) is 42.8 Å². The third-order valence-electron chi connectivity index (χ3n) is 2.91. The van der Waals surface area contributed by atoms with Gasteiger partial charge < -0.3 is 10.1 Å². The van der Waals surface area contributed by atoms with Gasteiger partial charge in [-0.2, -0.15) is 0 Å². The van der Waals surface area contributed by atoms with Crippen LogP contribution in [-0.2, 0) is 4.79 Å². The normalized spacial score (nSPS) is 11.8. The van der Waals surface area contributed by atoms with Crippen molar-refractivity contribution in [1.29, 1.82) is 0 Å². The molecule has 1 N–H and O–H groups in total. The Balaban J connectivity index is 1.85. The lowest BCUT2D eigenvalue weighted by atomic mass is 10.1. The zero-order valence-electron chi connectivity index (χ0n) is 11.5. The third kappa shape index (κ3) is 5.06. The van der Waals surface area contributed by atoms with E-state index in [2.05, 4.69) is 21.2 Å². The molecule has 1 atom stereocenters. The fourth-order valence-electron chi connectivity index (χ4n) is 1.82. The predicted octanol–water partition coefficient (Wildman–Crippen LogP) is 4.36. The number of halogens is 2. The highest BCUT2D eigenvalue weighted by Crippen LogP contribution is 2.18. The maximum Gasteiger partial charge on any atom is 0.258 e. The summed E-state index contributed by atoms with van der Waals surface area (Å²) in [6, 6.07) is 14.7. The minimum absolute atomic E-state index is 0.0195. The summed E-state index contributed by atoms with van der Waals surface area (Å²) in [7, 11) is 0. The Kier molecular flexibility index (Phi) is 5.65. The summed E-state index contributed by atoms with van der Waals surface area (Å²) in [6.07, 6.45) is 0. The van der Waals surface area contributed by atoms with E-state index in [1.54, 1.807) is 18.2 Å². The first-order valence-corrected chi connectivity index (χ1v) is 7.65. The van der Waals surface area contributed by atoms with Crippen LogP contribution in [0.15, 0.2) is 53.0 Å². The highest BCUT2D eigenvalue weighted by molar-refractivity contribution is 9.10. The average molecular weight is 369 g/mol. The summed E-state index contributed by atoms with van der Waals surface area (Å²) in [5.41, 5.74) is 0.996. The fourth-order valence-corrected chi connectivity index (χ4v) is 2.33. The van der Waals surface area contributed by atoms with Crippen LogP contribution in [-0.4, -0.2) is 12.5 Å². The van der Waals surface area contributed by atoms with Crippen molar-refractivity contribution >= 4 is 33.4 Å². The van der Waals surface area contributed by atoms with E-state index in [1.165, 1.54) is 0 Å². The minimum Gasteiger partial charge on any atom is -0.484 e. The van der Waals surface area contributed by atoms with Crippen molar-refractivity contribution < 1.29 is 9.53 Å². The molecule has 0 unspecified atom stereocenters. The van der Waals surface area contributed by atoms with E-state index < -0.39 is 0 Å². The van der Waals surface area contributed by atoms with Crippen LogP contribution in [0.5, 0.6) is 5.75 Å². The number of benzene rings is 2. The second-order valence-corrected chi connectivity index (χ2v) is 5.94. The van der Waals surface area contributed by atoms with Crippen LogP contribution in [0.3, 0.4) is 0 Å². The predicted molar refractivity (Wildman–Crippen MR) is 87.6 cm³/mol. The lowest BCUT2D eigenvalue weighted by Gasteiger charge is -2.15. The van der Waals surface area contributed by atoms with Gasteiger partial charge in [-0.25, -0.2) is 0 Å². The van der Waals surface area contributed by atoms with E-state index in [-0.39, 0.29) is 18.6 Å². The molecule has 0 radical (unpaired) electrons. The van der Waals surface area contributed by atoms with Crippen LogP contribution in [0.1, 0.15) is 18.5 Å². The van der Waals surface area contributed by atoms with Crippen molar-refractivity contribution in [3.8, 4) is 5.75 Å². The van der Waals surface area contributed by atoms with Crippen LogP contribution in [0.2, 0.25) is 5.02 Å². The van der Waals surface area contributed by atoms with Gasteiger partial charge in [0.15, 0.2) is 6.61 Å². The molecular weight excluding hydrogens is 354 g/mol. The molecular formula is C16H15BrClNO2. The zero-order valence-corrected chi connectivity index (χ0v) is 13.8. The van der Waals surface area contributed by atoms with E-state index in [1.807, 2.05) is 37.3 Å². The minimum atomic E-state index is -0.169. The Labute approximate surface area is 137 Å². The van der Waals surface area contributed by atoms with Gasteiger partial charge in [0.05, 0.1) is 6.04 Å². The van der Waals surface area contributed by atoms with Crippen molar-refractivity contribution in [3.63, 3.8) is 0 Å². The molecule has 0 aliphatic rings. The molecule has 21 heavy (non-hydrogen) atoms. The molecule has 0 bridgehead atoms. The molecule has 1 amide bonds. The summed E-state index contributed by atoms with van der Waals surface area (Å²) in [6.45, 7) is 1.90. The van der Waals surface area contributed by atoms with E-state index in [4.69, 9.17) is 16.3 Å². The first-order valence-electron chi connectivity index (χ1n) is 6.48. The number of nitrogens with one attached hydrogen (secondary N) is 1. The van der Waals surface area contributed by atoms with Gasteiger partial charge in [-0.15, -0.1) is 0 Å². The highest BCUT2D eigenvalue weighted by atomic mass is 79.9. The lowest BCUT2D eigenvalue weighted by molar-refractivity contribution is -0.123. The van der Waals surface area contributed by atoms with Crippen LogP contribution in [0.25, 0.3) is 0 Å². The number of hydrogen-bond donors (Lipinski definition) is 1. The smallest absolute Gasteiger partial charge is 0.258 e. The molecule has 0 aromatic heterocycles. The van der Waals surface area contributed by atoms with Crippen LogP contribution >= 0.6 is 27.5 Å². The molecule has 5 heteroatoms. The summed E-state index contributed by atoms with van der Waals surface area (Å²) in [5.74, 6) is 0.482. The summed E-state index contributed by atoms with van der Waals surface area (Å²) < 4.78 is 6.35. The zero-order chi connectivity index (χ0) is 15.2. The number of rotatable bonds is 5. The van der Waals surface area contributed by atoms with Crippen LogP contribution in [0.4, 0.5) is 0 Å². The average Bonchev–Trinajstić information content (AvgIpc) is 2.46. The molecule has 0 spiro atoms. The van der Waals surface area contributed by atoms with Crippen molar-refractivity contribution in [1.82, 2.24) is 5.32 Å². The second-order valence-electron chi connectivity index (χ2n) is 4.59. The molecule has 0 saturated heterocycles. The standard InChI is InChI=1S/C16H15BrClNO2/c1-11(12-5-7-14(18)8-6-12)19-16(20)10-21-15-4-2-3-13(17)9-15/h2-9,11H,10H2,1H3,(H,19,20)/t11-/m1/s1. The first kappa shape index (κ1) is 15.9. The first-order chi connectivity index (χ1) is 10.0. The van der Waals surface area contributed by atoms with Gasteiger partial charge in [-0.3, -0.25) is 4.79 Å². The van der Waals surface area contributed by atoms with Crippen molar-refractivity contribution in [2.75, 3.05) is 6.61 Å². The maximum absolute atomic E-state index is 11.9. The molecule has 110 valence electrons. The fraction of sp³-hybridized carbons (Fsp3) is 0.188. The molecule has 2 rings (SSSR count). The lowest BCUT2D eigenvalue weighted by Crippen LogP contribution is -2.31. The Bertz CT molecular complexity index is 616. The number of carbonyl (C=O) groups excluding carboxylic acids is 1. The number of amides is 1. The molecule has 0 fully saturated rings. The Morgan fingerprint density at radius 1 is 1.29 bits per heavy atom. The SMILES string of the molecule is C[C@@H](NC(=O)COc1cccc(Br)c1)c1ccc(Cl)cc1. The summed E-state index contributed by atoms with van der Waals surface area (Å²) in [4.78, 5) is 11.9. The topological polar surface area (TPSA) is 38.3 Å². The molecule has 2 aromatic carbocycles. The van der Waals surface area contributed by atoms with Crippen LogP contribution < -0.4 is 10.1 Å². The van der Waals surface area contributed by atoms with Gasteiger partial charge in [0.25, 0.3) is 5.91 Å². The molecule has 0 saturated carbocycles. The monoisotopic (exact) mass is 367 g/mol. The van der Waals surface area contributed by atoms with E-state index in [0.717, 1.165) is 10.0 Å². The van der Waals surface area contributed by atoms with Gasteiger partial charge >= 0.3 is 0 Å². The molecule has 0 aliphatic carbocycles. The molecule has 3 nitrogen and oxygen atoms in total. The molecule has 0 aliphatic heterocycles. The van der Waals surface area contributed by atoms with Gasteiger partial charge in [0.1, 0.15) is 5.75 Å². The van der Waals surface area contributed by atoms with Gasteiger partial charge in [0, 0.05) is 9.50 Å². The largest absolute Gasteiger partial charge is 0.484 e. The Morgan fingerprint density at radius 2 is 2.00 bits per heavy atom. The number of hydrogen-bond acceptors (Lipinski definition) is 2.